The number of aromatic nitrogens is 1. The van der Waals surface area contributed by atoms with Crippen molar-refractivity contribution in [3.8, 4) is 0 Å². The van der Waals surface area contributed by atoms with Crippen molar-refractivity contribution in [2.24, 2.45) is 0 Å². The molecule has 1 aromatic heterocycles. The van der Waals surface area contributed by atoms with Gasteiger partial charge >= 0.3 is 0 Å². The Kier molecular flexibility index (Phi) is 4.59. The van der Waals surface area contributed by atoms with E-state index in [0.29, 0.717) is 13.0 Å². The third-order valence-corrected chi connectivity index (χ3v) is 3.18. The number of aromatic amines is 1. The second-order valence-electron chi connectivity index (χ2n) is 4.13. The second kappa shape index (κ2) is 6.40. The number of benzene rings is 1. The van der Waals surface area contributed by atoms with Gasteiger partial charge in [0, 0.05) is 29.8 Å². The predicted octanol–water partition coefficient (Wildman–Crippen LogP) is 3.03. The van der Waals surface area contributed by atoms with Crippen LogP contribution in [0.2, 0.25) is 0 Å². The number of carbonyl (C=O) groups excluding carboxylic acids is 1. The summed E-state index contributed by atoms with van der Waals surface area (Å²) in [5.74, 6) is 0.0798. The van der Waals surface area contributed by atoms with Crippen LogP contribution in [0.3, 0.4) is 0 Å². The molecule has 0 spiro atoms. The molecule has 18 heavy (non-hydrogen) atoms. The number of carbonyl (C=O) groups is 1. The number of hydrogen-bond donors (Lipinski definition) is 2. The van der Waals surface area contributed by atoms with Gasteiger partial charge in [0.15, 0.2) is 0 Å². The minimum absolute atomic E-state index is 0.0798. The van der Waals surface area contributed by atoms with Crippen molar-refractivity contribution in [2.45, 2.75) is 19.4 Å². The monoisotopic (exact) mass is 306 g/mol. The number of halogens is 1. The molecule has 1 aromatic carbocycles. The van der Waals surface area contributed by atoms with Crippen LogP contribution in [0.25, 0.3) is 0 Å². The maximum atomic E-state index is 11.7. The molecule has 0 unspecified atom stereocenters. The van der Waals surface area contributed by atoms with Gasteiger partial charge in [0.2, 0.25) is 5.91 Å². The summed E-state index contributed by atoms with van der Waals surface area (Å²) in [5, 5.41) is 2.90. The first kappa shape index (κ1) is 12.9. The molecule has 0 fully saturated rings. The largest absolute Gasteiger partial charge is 0.367 e. The van der Waals surface area contributed by atoms with E-state index >= 15 is 0 Å². The SMILES string of the molecule is O=C(CCc1cccc(Br)c1)NCc1cc[nH]c1. The van der Waals surface area contributed by atoms with Gasteiger partial charge in [-0.15, -0.1) is 0 Å². The molecule has 0 aliphatic carbocycles. The molecule has 1 heterocycles. The van der Waals surface area contributed by atoms with E-state index in [1.54, 1.807) is 0 Å². The third-order valence-electron chi connectivity index (χ3n) is 2.68. The van der Waals surface area contributed by atoms with Crippen molar-refractivity contribution in [2.75, 3.05) is 0 Å². The molecule has 0 aliphatic heterocycles. The highest BCUT2D eigenvalue weighted by Crippen LogP contribution is 2.12. The molecule has 3 nitrogen and oxygen atoms in total. The lowest BCUT2D eigenvalue weighted by Crippen LogP contribution is -2.22. The first-order valence-electron chi connectivity index (χ1n) is 5.87. The van der Waals surface area contributed by atoms with E-state index in [0.717, 1.165) is 16.5 Å². The fourth-order valence-electron chi connectivity index (χ4n) is 1.71. The Hall–Kier alpha value is -1.55. The van der Waals surface area contributed by atoms with Crippen LogP contribution in [-0.2, 0) is 17.8 Å². The Labute approximate surface area is 115 Å². The Bertz CT molecular complexity index is 508. The van der Waals surface area contributed by atoms with E-state index in [4.69, 9.17) is 0 Å². The molecule has 2 rings (SSSR count). The highest BCUT2D eigenvalue weighted by atomic mass is 79.9. The van der Waals surface area contributed by atoms with E-state index in [1.165, 1.54) is 5.56 Å². The lowest BCUT2D eigenvalue weighted by atomic mass is 10.1. The minimum Gasteiger partial charge on any atom is -0.367 e. The molecule has 94 valence electrons. The van der Waals surface area contributed by atoms with Crippen LogP contribution in [0.1, 0.15) is 17.5 Å². The van der Waals surface area contributed by atoms with Gasteiger partial charge in [-0.3, -0.25) is 4.79 Å². The molecule has 0 bridgehead atoms. The van der Waals surface area contributed by atoms with Gasteiger partial charge in [0.1, 0.15) is 0 Å². The van der Waals surface area contributed by atoms with Gasteiger partial charge in [-0.1, -0.05) is 28.1 Å². The molecule has 1 amide bonds. The highest BCUT2D eigenvalue weighted by molar-refractivity contribution is 9.10. The average molecular weight is 307 g/mol. The van der Waals surface area contributed by atoms with Crippen LogP contribution >= 0.6 is 15.9 Å². The van der Waals surface area contributed by atoms with Crippen molar-refractivity contribution in [3.63, 3.8) is 0 Å². The number of rotatable bonds is 5. The third kappa shape index (κ3) is 4.04. The summed E-state index contributed by atoms with van der Waals surface area (Å²) < 4.78 is 1.05. The van der Waals surface area contributed by atoms with Gasteiger partial charge in [-0.05, 0) is 35.7 Å². The summed E-state index contributed by atoms with van der Waals surface area (Å²) in [5.41, 5.74) is 2.26. The smallest absolute Gasteiger partial charge is 0.220 e. The molecule has 0 aliphatic rings. The van der Waals surface area contributed by atoms with Crippen LogP contribution in [-0.4, -0.2) is 10.9 Å². The normalized spacial score (nSPS) is 10.3. The quantitative estimate of drug-likeness (QED) is 0.876. The number of nitrogens with one attached hydrogen (secondary N) is 2. The molecule has 4 heteroatoms. The first-order valence-corrected chi connectivity index (χ1v) is 6.66. The minimum atomic E-state index is 0.0798. The molecule has 0 saturated heterocycles. The standard InChI is InChI=1S/C14H15BrN2O/c15-13-3-1-2-11(8-13)4-5-14(18)17-10-12-6-7-16-9-12/h1-3,6-9,16H,4-5,10H2,(H,17,18). The molecule has 2 N–H and O–H groups in total. The van der Waals surface area contributed by atoms with Crippen LogP contribution < -0.4 is 5.32 Å². The molecular formula is C14H15BrN2O. The van der Waals surface area contributed by atoms with Gasteiger partial charge in [0.05, 0.1) is 0 Å². The maximum absolute atomic E-state index is 11.7. The van der Waals surface area contributed by atoms with Gasteiger partial charge in [-0.2, -0.15) is 0 Å². The zero-order valence-corrected chi connectivity index (χ0v) is 11.5. The van der Waals surface area contributed by atoms with E-state index in [9.17, 15) is 4.79 Å². The summed E-state index contributed by atoms with van der Waals surface area (Å²) >= 11 is 3.42. The van der Waals surface area contributed by atoms with E-state index in [2.05, 4.69) is 26.2 Å². The predicted molar refractivity (Wildman–Crippen MR) is 75.1 cm³/mol. The first-order chi connectivity index (χ1) is 8.74. The van der Waals surface area contributed by atoms with Gasteiger partial charge in [-0.25, -0.2) is 0 Å². The Morgan fingerprint density at radius 2 is 2.17 bits per heavy atom. The van der Waals surface area contributed by atoms with Crippen LogP contribution in [0, 0.1) is 0 Å². The van der Waals surface area contributed by atoms with Crippen molar-refractivity contribution >= 4 is 21.8 Å². The lowest BCUT2D eigenvalue weighted by Gasteiger charge is -2.04. The second-order valence-corrected chi connectivity index (χ2v) is 5.04. The number of hydrogen-bond acceptors (Lipinski definition) is 1. The molecule has 0 atom stereocenters. The summed E-state index contributed by atoms with van der Waals surface area (Å²) in [4.78, 5) is 14.6. The Morgan fingerprint density at radius 1 is 1.28 bits per heavy atom. The molecule has 0 radical (unpaired) electrons. The summed E-state index contributed by atoms with van der Waals surface area (Å²) in [6.07, 6.45) is 5.01. The Balaban J connectivity index is 1.75. The molecule has 0 saturated carbocycles. The topological polar surface area (TPSA) is 44.9 Å². The summed E-state index contributed by atoms with van der Waals surface area (Å²) in [6.45, 7) is 0.584. The van der Waals surface area contributed by atoms with E-state index in [1.807, 2.05) is 42.7 Å². The fourth-order valence-corrected chi connectivity index (χ4v) is 2.15. The van der Waals surface area contributed by atoms with Crippen molar-refractivity contribution in [3.05, 3.63) is 58.3 Å². The average Bonchev–Trinajstić information content (AvgIpc) is 2.87. The van der Waals surface area contributed by atoms with E-state index in [-0.39, 0.29) is 5.91 Å². The van der Waals surface area contributed by atoms with E-state index < -0.39 is 0 Å². The zero-order chi connectivity index (χ0) is 12.8. The summed E-state index contributed by atoms with van der Waals surface area (Å²) in [7, 11) is 0. The van der Waals surface area contributed by atoms with Crippen molar-refractivity contribution < 1.29 is 4.79 Å². The van der Waals surface area contributed by atoms with Crippen molar-refractivity contribution in [1.82, 2.24) is 10.3 Å². The fraction of sp³-hybridized carbons (Fsp3) is 0.214. The van der Waals surface area contributed by atoms with Crippen LogP contribution in [0.15, 0.2) is 47.2 Å². The van der Waals surface area contributed by atoms with Gasteiger partial charge < -0.3 is 10.3 Å². The van der Waals surface area contributed by atoms with Crippen LogP contribution in [0.4, 0.5) is 0 Å². The maximum Gasteiger partial charge on any atom is 0.220 e. The zero-order valence-electron chi connectivity index (χ0n) is 9.95. The Morgan fingerprint density at radius 3 is 2.89 bits per heavy atom. The molecular weight excluding hydrogens is 292 g/mol. The number of amides is 1. The summed E-state index contributed by atoms with van der Waals surface area (Å²) in [6, 6.07) is 9.99. The van der Waals surface area contributed by atoms with Gasteiger partial charge in [0.25, 0.3) is 0 Å². The number of aryl methyl sites for hydroxylation is 1. The van der Waals surface area contributed by atoms with Crippen molar-refractivity contribution in [1.29, 1.82) is 0 Å². The lowest BCUT2D eigenvalue weighted by molar-refractivity contribution is -0.121. The highest BCUT2D eigenvalue weighted by Gasteiger charge is 2.02. The molecule has 2 aromatic rings. The van der Waals surface area contributed by atoms with Crippen LogP contribution in [0.5, 0.6) is 0 Å². The number of H-pyrrole nitrogens is 1.